The molecule has 0 aromatic heterocycles. The lowest BCUT2D eigenvalue weighted by molar-refractivity contribution is -0.145. The molecule has 0 heterocycles. The fourth-order valence-corrected chi connectivity index (χ4v) is 2.21. The molecule has 0 aliphatic heterocycles. The van der Waals surface area contributed by atoms with Gasteiger partial charge in [0.2, 0.25) is 0 Å². The van der Waals surface area contributed by atoms with Crippen LogP contribution in [0.15, 0.2) is 12.1 Å². The molecule has 6 heteroatoms. The Morgan fingerprint density at radius 3 is 2.41 bits per heavy atom. The van der Waals surface area contributed by atoms with Crippen LogP contribution in [0, 0.1) is 0 Å². The van der Waals surface area contributed by atoms with E-state index in [0.29, 0.717) is 5.75 Å². The summed E-state index contributed by atoms with van der Waals surface area (Å²) in [6.07, 6.45) is 0. The zero-order valence-corrected chi connectivity index (χ0v) is 14.8. The highest BCUT2D eigenvalue weighted by molar-refractivity contribution is 9.09. The molecule has 0 amide bonds. The van der Waals surface area contributed by atoms with E-state index in [9.17, 15) is 14.7 Å². The smallest absolute Gasteiger partial charge is 0.344 e. The van der Waals surface area contributed by atoms with Crippen molar-refractivity contribution in [1.82, 2.24) is 0 Å². The van der Waals surface area contributed by atoms with Crippen molar-refractivity contribution in [2.75, 3.05) is 18.5 Å². The van der Waals surface area contributed by atoms with Gasteiger partial charge in [0.1, 0.15) is 11.5 Å². The molecule has 0 bridgehead atoms. The molecule has 1 aromatic rings. The van der Waals surface area contributed by atoms with E-state index in [4.69, 9.17) is 9.47 Å². The highest BCUT2D eigenvalue weighted by Gasteiger charge is 2.24. The van der Waals surface area contributed by atoms with Crippen LogP contribution in [-0.4, -0.2) is 35.4 Å². The summed E-state index contributed by atoms with van der Waals surface area (Å²) < 4.78 is 10.3. The molecular weight excluding hydrogens is 352 g/mol. The maximum absolute atomic E-state index is 11.9. The van der Waals surface area contributed by atoms with Gasteiger partial charge in [-0.3, -0.25) is 4.79 Å². The summed E-state index contributed by atoms with van der Waals surface area (Å²) in [5.74, 6) is -0.511. The number of hydrogen-bond acceptors (Lipinski definition) is 5. The first-order valence-corrected chi connectivity index (χ1v) is 8.08. The number of ether oxygens (including phenoxy) is 2. The van der Waals surface area contributed by atoms with Crippen LogP contribution in [-0.2, 0) is 14.9 Å². The molecular formula is C16H21BrO5. The van der Waals surface area contributed by atoms with Gasteiger partial charge >= 0.3 is 5.97 Å². The second-order valence-corrected chi connectivity index (χ2v) is 6.33. The van der Waals surface area contributed by atoms with Crippen LogP contribution in [0.2, 0.25) is 0 Å². The standard InChI is InChI=1S/C16H21BrO5/c1-5-21-15(20)9-22-14-7-12(18)10(13(19)8-17)6-11(14)16(2,3)4/h6-7,18H,5,8-9H2,1-4H3. The minimum Gasteiger partial charge on any atom is -0.507 e. The molecule has 122 valence electrons. The van der Waals surface area contributed by atoms with E-state index >= 15 is 0 Å². The predicted octanol–water partition coefficient (Wildman–Crippen LogP) is 3.21. The molecule has 0 spiro atoms. The normalized spacial score (nSPS) is 11.1. The number of halogens is 1. The molecule has 0 aliphatic carbocycles. The van der Waals surface area contributed by atoms with Gasteiger partial charge in [-0.05, 0) is 18.4 Å². The maximum Gasteiger partial charge on any atom is 0.344 e. The number of benzene rings is 1. The number of ketones is 1. The molecule has 22 heavy (non-hydrogen) atoms. The van der Waals surface area contributed by atoms with Crippen LogP contribution in [0.3, 0.4) is 0 Å². The minimum absolute atomic E-state index is 0.118. The van der Waals surface area contributed by atoms with Crippen molar-refractivity contribution in [3.63, 3.8) is 0 Å². The third-order valence-electron chi connectivity index (χ3n) is 2.98. The second-order valence-electron chi connectivity index (χ2n) is 5.77. The molecule has 1 rings (SSSR count). The Morgan fingerprint density at radius 2 is 1.91 bits per heavy atom. The van der Waals surface area contributed by atoms with Crippen LogP contribution < -0.4 is 4.74 Å². The second kappa shape index (κ2) is 7.63. The van der Waals surface area contributed by atoms with Crippen LogP contribution in [0.5, 0.6) is 11.5 Å². The molecule has 0 fully saturated rings. The monoisotopic (exact) mass is 372 g/mol. The highest BCUT2D eigenvalue weighted by atomic mass is 79.9. The number of hydrogen-bond donors (Lipinski definition) is 1. The zero-order valence-electron chi connectivity index (χ0n) is 13.2. The van der Waals surface area contributed by atoms with Gasteiger partial charge in [-0.2, -0.15) is 0 Å². The van der Waals surface area contributed by atoms with E-state index in [1.165, 1.54) is 6.07 Å². The van der Waals surface area contributed by atoms with E-state index in [1.807, 2.05) is 20.8 Å². The number of alkyl halides is 1. The molecule has 5 nitrogen and oxygen atoms in total. The van der Waals surface area contributed by atoms with E-state index in [2.05, 4.69) is 15.9 Å². The lowest BCUT2D eigenvalue weighted by Gasteiger charge is -2.24. The Bertz CT molecular complexity index is 560. The van der Waals surface area contributed by atoms with Gasteiger partial charge in [0.05, 0.1) is 17.5 Å². The fraction of sp³-hybridized carbons (Fsp3) is 0.500. The molecule has 0 unspecified atom stereocenters. The summed E-state index contributed by atoms with van der Waals surface area (Å²) in [5.41, 5.74) is 0.642. The summed E-state index contributed by atoms with van der Waals surface area (Å²) in [6.45, 7) is 7.61. The average molecular weight is 373 g/mol. The van der Waals surface area contributed by atoms with Gasteiger partial charge in [0.25, 0.3) is 0 Å². The lowest BCUT2D eigenvalue weighted by Crippen LogP contribution is -2.19. The van der Waals surface area contributed by atoms with E-state index < -0.39 is 5.97 Å². The molecule has 0 aliphatic rings. The van der Waals surface area contributed by atoms with Gasteiger partial charge in [-0.15, -0.1) is 0 Å². The van der Waals surface area contributed by atoms with Gasteiger partial charge in [0, 0.05) is 11.6 Å². The maximum atomic E-state index is 11.9. The molecule has 1 N–H and O–H groups in total. The van der Waals surface area contributed by atoms with Crippen molar-refractivity contribution < 1.29 is 24.2 Å². The fourth-order valence-electron chi connectivity index (χ4n) is 1.91. The van der Waals surface area contributed by atoms with Crippen molar-refractivity contribution in [3.8, 4) is 11.5 Å². The number of Topliss-reactive ketones (excluding diaryl/α,β-unsaturated/α-hetero) is 1. The molecule has 0 radical (unpaired) electrons. The summed E-state index contributed by atoms with van der Waals surface area (Å²) >= 11 is 3.09. The SMILES string of the molecule is CCOC(=O)COc1cc(O)c(C(=O)CBr)cc1C(C)(C)C. The number of phenols is 1. The quantitative estimate of drug-likeness (QED) is 0.471. The Kier molecular flexibility index (Phi) is 6.41. The summed E-state index contributed by atoms with van der Waals surface area (Å²) in [4.78, 5) is 23.3. The van der Waals surface area contributed by atoms with Gasteiger partial charge in [-0.1, -0.05) is 36.7 Å². The van der Waals surface area contributed by atoms with Crippen LogP contribution >= 0.6 is 15.9 Å². The average Bonchev–Trinajstić information content (AvgIpc) is 2.43. The third kappa shape index (κ3) is 4.73. The number of phenolic OH excluding ortho intramolecular Hbond substituents is 1. The Morgan fingerprint density at radius 1 is 1.27 bits per heavy atom. The summed E-state index contributed by atoms with van der Waals surface area (Å²) in [7, 11) is 0. The highest BCUT2D eigenvalue weighted by Crippen LogP contribution is 2.36. The molecule has 1 aromatic carbocycles. The molecule has 0 saturated heterocycles. The predicted molar refractivity (Wildman–Crippen MR) is 87.1 cm³/mol. The van der Waals surface area contributed by atoms with Crippen molar-refractivity contribution in [2.45, 2.75) is 33.1 Å². The summed E-state index contributed by atoms with van der Waals surface area (Å²) in [5, 5.41) is 10.1. The Labute approximate surface area is 138 Å². The minimum atomic E-state index is -0.484. The van der Waals surface area contributed by atoms with Crippen molar-refractivity contribution in [1.29, 1.82) is 0 Å². The van der Waals surface area contributed by atoms with Crippen LogP contribution in [0.1, 0.15) is 43.6 Å². The first-order chi connectivity index (χ1) is 10.2. The van der Waals surface area contributed by atoms with Gasteiger partial charge < -0.3 is 14.6 Å². The van der Waals surface area contributed by atoms with Crippen molar-refractivity contribution >= 4 is 27.7 Å². The number of carbonyl (C=O) groups is 2. The first-order valence-electron chi connectivity index (χ1n) is 6.95. The zero-order chi connectivity index (χ0) is 16.9. The van der Waals surface area contributed by atoms with Crippen molar-refractivity contribution in [2.24, 2.45) is 0 Å². The molecule has 0 atom stereocenters. The number of aromatic hydroxyl groups is 1. The first kappa shape index (κ1) is 18.5. The number of rotatable bonds is 6. The summed E-state index contributed by atoms with van der Waals surface area (Å²) in [6, 6.07) is 2.98. The van der Waals surface area contributed by atoms with Crippen molar-refractivity contribution in [3.05, 3.63) is 23.3 Å². The number of carbonyl (C=O) groups excluding carboxylic acids is 2. The van der Waals surface area contributed by atoms with E-state index in [0.717, 1.165) is 5.56 Å². The topological polar surface area (TPSA) is 72.8 Å². The van der Waals surface area contributed by atoms with Gasteiger partial charge in [0.15, 0.2) is 12.4 Å². The number of esters is 1. The van der Waals surface area contributed by atoms with Gasteiger partial charge in [-0.25, -0.2) is 4.79 Å². The van der Waals surface area contributed by atoms with Crippen LogP contribution in [0.4, 0.5) is 0 Å². The van der Waals surface area contributed by atoms with E-state index in [1.54, 1.807) is 13.0 Å². The third-order valence-corrected chi connectivity index (χ3v) is 3.49. The molecule has 0 saturated carbocycles. The Hall–Kier alpha value is -1.56. The largest absolute Gasteiger partial charge is 0.507 e. The van der Waals surface area contributed by atoms with E-state index in [-0.39, 0.29) is 41.1 Å². The lowest BCUT2D eigenvalue weighted by atomic mass is 9.84. The van der Waals surface area contributed by atoms with Crippen LogP contribution in [0.25, 0.3) is 0 Å². The Balaban J connectivity index is 3.18.